The molecule has 1 aromatic heterocycles. The van der Waals surface area contributed by atoms with Crippen LogP contribution in [0.4, 0.5) is 0 Å². The second-order valence-electron chi connectivity index (χ2n) is 14.5. The molecule has 11 rings (SSSR count). The topological polar surface area (TPSA) is 13.1 Å². The van der Waals surface area contributed by atoms with Crippen LogP contribution in [0.2, 0.25) is 0 Å². The average molecular weight is 699 g/mol. The first-order valence-electron chi connectivity index (χ1n) is 18.9. The minimum atomic E-state index is 0.894. The predicted octanol–water partition coefficient (Wildman–Crippen LogP) is 15.4. The number of hydrogen-bond acceptors (Lipinski definition) is 1. The van der Waals surface area contributed by atoms with E-state index in [1.165, 1.54) is 82.4 Å². The van der Waals surface area contributed by atoms with Crippen molar-refractivity contribution >= 4 is 54.3 Å². The Morgan fingerprint density at radius 3 is 1.44 bits per heavy atom. The Bertz CT molecular complexity index is 3180. The molecule has 0 fully saturated rings. The van der Waals surface area contributed by atoms with Gasteiger partial charge in [0.15, 0.2) is 0 Å². The smallest absolute Gasteiger partial charge is 0.136 e. The van der Waals surface area contributed by atoms with Crippen LogP contribution in [-0.2, 0) is 0 Å². The summed E-state index contributed by atoms with van der Waals surface area (Å²) >= 11 is 0. The maximum Gasteiger partial charge on any atom is 0.136 e. The Hall–Kier alpha value is -7.22. The van der Waals surface area contributed by atoms with Gasteiger partial charge in [-0.1, -0.05) is 170 Å². The van der Waals surface area contributed by atoms with E-state index in [0.29, 0.717) is 0 Å². The van der Waals surface area contributed by atoms with Gasteiger partial charge in [0.25, 0.3) is 0 Å². The van der Waals surface area contributed by atoms with E-state index in [1.54, 1.807) is 0 Å². The van der Waals surface area contributed by atoms with E-state index in [4.69, 9.17) is 4.42 Å². The maximum atomic E-state index is 6.53. The third kappa shape index (κ3) is 5.32. The summed E-state index contributed by atoms with van der Waals surface area (Å²) in [6, 6.07) is 74.7. The zero-order valence-corrected chi connectivity index (χ0v) is 30.0. The van der Waals surface area contributed by atoms with Gasteiger partial charge in [0.05, 0.1) is 0 Å². The average Bonchev–Trinajstić information content (AvgIpc) is 3.63. The molecule has 256 valence electrons. The largest absolute Gasteiger partial charge is 0.456 e. The van der Waals surface area contributed by atoms with Crippen molar-refractivity contribution in [2.24, 2.45) is 0 Å². The number of furan rings is 1. The van der Waals surface area contributed by atoms with E-state index in [-0.39, 0.29) is 0 Å². The fourth-order valence-electron chi connectivity index (χ4n) is 8.57. The highest BCUT2D eigenvalue weighted by atomic mass is 16.3. The lowest BCUT2D eigenvalue weighted by Crippen LogP contribution is -1.91. The SMILES string of the molecule is c1ccc(-c2cccc(-c3ccc4c(c3)oc3ccc(-c5c6ccccc6c(-c6ccc(-c7ccc8ccccc8c7)cc6)c6ccccc56)cc34)c2)cc1. The molecule has 0 saturated carbocycles. The van der Waals surface area contributed by atoms with Crippen molar-refractivity contribution in [2.45, 2.75) is 0 Å². The second kappa shape index (κ2) is 12.7. The van der Waals surface area contributed by atoms with Gasteiger partial charge in [-0.25, -0.2) is 0 Å². The van der Waals surface area contributed by atoms with Crippen LogP contribution in [-0.4, -0.2) is 0 Å². The van der Waals surface area contributed by atoms with Crippen molar-refractivity contribution < 1.29 is 4.42 Å². The van der Waals surface area contributed by atoms with Crippen LogP contribution < -0.4 is 0 Å². The predicted molar refractivity (Wildman–Crippen MR) is 233 cm³/mol. The Labute approximate surface area is 319 Å². The summed E-state index contributed by atoms with van der Waals surface area (Å²) in [6.45, 7) is 0. The molecule has 0 unspecified atom stereocenters. The molecule has 0 bridgehead atoms. The first-order chi connectivity index (χ1) is 27.2. The van der Waals surface area contributed by atoms with Gasteiger partial charge in [0.1, 0.15) is 11.2 Å². The van der Waals surface area contributed by atoms with Crippen molar-refractivity contribution in [3.63, 3.8) is 0 Å². The fraction of sp³-hybridized carbons (Fsp3) is 0. The molecule has 0 atom stereocenters. The van der Waals surface area contributed by atoms with Crippen molar-refractivity contribution in [3.8, 4) is 55.6 Å². The van der Waals surface area contributed by atoms with Crippen molar-refractivity contribution in [1.29, 1.82) is 0 Å². The van der Waals surface area contributed by atoms with Gasteiger partial charge in [-0.3, -0.25) is 0 Å². The fourth-order valence-corrected chi connectivity index (χ4v) is 8.57. The third-order valence-corrected chi connectivity index (χ3v) is 11.3. The highest BCUT2D eigenvalue weighted by molar-refractivity contribution is 6.22. The molecule has 0 amide bonds. The number of hydrogen-bond donors (Lipinski definition) is 0. The number of fused-ring (bicyclic) bond motifs is 6. The lowest BCUT2D eigenvalue weighted by molar-refractivity contribution is 0.669. The van der Waals surface area contributed by atoms with E-state index in [2.05, 4.69) is 206 Å². The lowest BCUT2D eigenvalue weighted by atomic mass is 9.85. The van der Waals surface area contributed by atoms with E-state index < -0.39 is 0 Å². The third-order valence-electron chi connectivity index (χ3n) is 11.3. The summed E-state index contributed by atoms with van der Waals surface area (Å²) in [5.41, 5.74) is 13.9. The summed E-state index contributed by atoms with van der Waals surface area (Å²) in [5.74, 6) is 0. The van der Waals surface area contributed by atoms with Gasteiger partial charge in [-0.05, 0) is 124 Å². The lowest BCUT2D eigenvalue weighted by Gasteiger charge is -2.18. The Balaban J connectivity index is 1.02. The van der Waals surface area contributed by atoms with Gasteiger partial charge in [-0.15, -0.1) is 0 Å². The molecule has 0 spiro atoms. The first-order valence-corrected chi connectivity index (χ1v) is 18.9. The summed E-state index contributed by atoms with van der Waals surface area (Å²) < 4.78 is 6.53. The summed E-state index contributed by atoms with van der Waals surface area (Å²) in [5, 5.41) is 9.73. The molecule has 0 saturated heterocycles. The minimum Gasteiger partial charge on any atom is -0.456 e. The molecule has 0 aliphatic carbocycles. The molecule has 10 aromatic carbocycles. The molecule has 1 heterocycles. The highest BCUT2D eigenvalue weighted by Gasteiger charge is 2.18. The number of benzene rings is 10. The molecule has 0 N–H and O–H groups in total. The Morgan fingerprint density at radius 2 is 0.709 bits per heavy atom. The van der Waals surface area contributed by atoms with Crippen LogP contribution in [0.3, 0.4) is 0 Å². The van der Waals surface area contributed by atoms with Gasteiger partial charge in [-0.2, -0.15) is 0 Å². The van der Waals surface area contributed by atoms with Crippen molar-refractivity contribution in [2.75, 3.05) is 0 Å². The van der Waals surface area contributed by atoms with Gasteiger partial charge < -0.3 is 4.42 Å². The summed E-state index contributed by atoms with van der Waals surface area (Å²) in [4.78, 5) is 0. The highest BCUT2D eigenvalue weighted by Crippen LogP contribution is 2.45. The second-order valence-corrected chi connectivity index (χ2v) is 14.5. The monoisotopic (exact) mass is 698 g/mol. The van der Waals surface area contributed by atoms with Crippen LogP contribution in [0.15, 0.2) is 211 Å². The van der Waals surface area contributed by atoms with Gasteiger partial charge in [0.2, 0.25) is 0 Å². The van der Waals surface area contributed by atoms with E-state index in [0.717, 1.165) is 27.5 Å². The van der Waals surface area contributed by atoms with Gasteiger partial charge >= 0.3 is 0 Å². The van der Waals surface area contributed by atoms with Crippen LogP contribution >= 0.6 is 0 Å². The normalized spacial score (nSPS) is 11.6. The molecule has 1 heteroatoms. The molecule has 0 aliphatic rings. The minimum absolute atomic E-state index is 0.894. The molecule has 0 radical (unpaired) electrons. The van der Waals surface area contributed by atoms with Crippen molar-refractivity contribution in [1.82, 2.24) is 0 Å². The van der Waals surface area contributed by atoms with Crippen LogP contribution in [0.1, 0.15) is 0 Å². The van der Waals surface area contributed by atoms with E-state index in [9.17, 15) is 0 Å². The zero-order chi connectivity index (χ0) is 36.3. The molecular formula is C54H34O. The maximum absolute atomic E-state index is 6.53. The quantitative estimate of drug-likeness (QED) is 0.163. The molecule has 11 aromatic rings. The standard InChI is InChI=1S/C54H34O/c1-2-11-35(12-3-1)40-15-10-16-41(31-40)43-27-29-45-50-33-44(28-30-51(50)55-52(45)34-43)54-48-19-8-6-17-46(48)53(47-18-7-9-20-49(47)54)38-24-21-37(22-25-38)42-26-23-36-13-4-5-14-39(36)32-42/h1-34H. The molecule has 0 aliphatic heterocycles. The van der Waals surface area contributed by atoms with Crippen LogP contribution in [0.25, 0.3) is 110 Å². The van der Waals surface area contributed by atoms with E-state index in [1.807, 2.05) is 0 Å². The summed E-state index contributed by atoms with van der Waals surface area (Å²) in [6.07, 6.45) is 0. The molecule has 55 heavy (non-hydrogen) atoms. The first kappa shape index (κ1) is 31.3. The van der Waals surface area contributed by atoms with Gasteiger partial charge in [0, 0.05) is 10.8 Å². The zero-order valence-electron chi connectivity index (χ0n) is 30.0. The Kier molecular flexibility index (Phi) is 7.25. The van der Waals surface area contributed by atoms with E-state index >= 15 is 0 Å². The molecule has 1 nitrogen and oxygen atoms in total. The van der Waals surface area contributed by atoms with Crippen LogP contribution in [0, 0.1) is 0 Å². The summed E-state index contributed by atoms with van der Waals surface area (Å²) in [7, 11) is 0. The van der Waals surface area contributed by atoms with Crippen LogP contribution in [0.5, 0.6) is 0 Å². The number of rotatable bonds is 5. The van der Waals surface area contributed by atoms with Crippen molar-refractivity contribution in [3.05, 3.63) is 206 Å². The molecular weight excluding hydrogens is 665 g/mol. The Morgan fingerprint density at radius 1 is 0.218 bits per heavy atom.